The zero-order chi connectivity index (χ0) is 19.5. The summed E-state index contributed by atoms with van der Waals surface area (Å²) in [6, 6.07) is 4.77. The highest BCUT2D eigenvalue weighted by molar-refractivity contribution is 5.77. The highest BCUT2D eigenvalue weighted by Crippen LogP contribution is 2.40. The number of alkyl halides is 3. The summed E-state index contributed by atoms with van der Waals surface area (Å²) in [6.45, 7) is 3.67. The number of ether oxygens (including phenoxy) is 1. The largest absolute Gasteiger partial charge is 0.444 e. The van der Waals surface area contributed by atoms with Crippen molar-refractivity contribution in [2.45, 2.75) is 57.3 Å². The molecule has 0 aliphatic carbocycles. The number of hydrogen-bond acceptors (Lipinski definition) is 3. The van der Waals surface area contributed by atoms with E-state index in [0.29, 0.717) is 19.4 Å². The Hall–Kier alpha value is -2.25. The lowest BCUT2D eigenvalue weighted by atomic mass is 9.97. The summed E-state index contributed by atoms with van der Waals surface area (Å²) < 4.78 is 44.8. The maximum atomic E-state index is 13.3. The first kappa shape index (κ1) is 20.1. The van der Waals surface area contributed by atoms with Crippen molar-refractivity contribution >= 4 is 12.0 Å². The Morgan fingerprint density at radius 2 is 1.92 bits per heavy atom. The van der Waals surface area contributed by atoms with Crippen LogP contribution in [0.3, 0.4) is 0 Å². The second kappa shape index (κ2) is 7.55. The number of rotatable bonds is 5. The average Bonchev–Trinajstić information content (AvgIpc) is 3.00. The Balaban J connectivity index is 2.14. The van der Waals surface area contributed by atoms with Gasteiger partial charge in [-0.1, -0.05) is 18.2 Å². The molecule has 0 aromatic heterocycles. The molecule has 1 heterocycles. The molecule has 1 aliphatic heterocycles. The fourth-order valence-electron chi connectivity index (χ4n) is 3.31. The molecule has 1 aromatic rings. The van der Waals surface area contributed by atoms with E-state index in [4.69, 9.17) is 10.5 Å². The number of likely N-dealkylation sites (tertiary alicyclic amines) is 1. The Morgan fingerprint density at radius 3 is 2.54 bits per heavy atom. The van der Waals surface area contributed by atoms with Gasteiger partial charge in [-0.2, -0.15) is 13.2 Å². The van der Waals surface area contributed by atoms with Crippen LogP contribution in [0.15, 0.2) is 24.3 Å². The van der Waals surface area contributed by atoms with Crippen molar-refractivity contribution in [1.29, 1.82) is 0 Å². The van der Waals surface area contributed by atoms with E-state index >= 15 is 0 Å². The summed E-state index contributed by atoms with van der Waals surface area (Å²) in [6.07, 6.45) is -3.97. The minimum Gasteiger partial charge on any atom is -0.444 e. The monoisotopic (exact) mass is 372 g/mol. The van der Waals surface area contributed by atoms with Crippen LogP contribution < -0.4 is 5.73 Å². The quantitative estimate of drug-likeness (QED) is 0.848. The molecule has 1 atom stereocenters. The first-order valence-electron chi connectivity index (χ1n) is 8.45. The lowest BCUT2D eigenvalue weighted by Gasteiger charge is -2.29. The molecule has 0 bridgehead atoms. The summed E-state index contributed by atoms with van der Waals surface area (Å²) >= 11 is 0. The lowest BCUT2D eigenvalue weighted by Crippen LogP contribution is -2.35. The van der Waals surface area contributed by atoms with Crippen LogP contribution in [0, 0.1) is 0 Å². The Bertz CT molecular complexity index is 674. The van der Waals surface area contributed by atoms with Crippen LogP contribution in [0.2, 0.25) is 0 Å². The van der Waals surface area contributed by atoms with E-state index in [2.05, 4.69) is 0 Å². The molecule has 1 aromatic carbocycles. The topological polar surface area (TPSA) is 72.6 Å². The number of carbonyl (C=O) groups is 2. The van der Waals surface area contributed by atoms with E-state index in [1.807, 2.05) is 0 Å². The van der Waals surface area contributed by atoms with Crippen LogP contribution in [0.1, 0.15) is 56.7 Å². The first-order valence-corrected chi connectivity index (χ1v) is 8.45. The van der Waals surface area contributed by atoms with Gasteiger partial charge in [0.1, 0.15) is 5.60 Å². The van der Waals surface area contributed by atoms with E-state index < -0.39 is 29.5 Å². The van der Waals surface area contributed by atoms with E-state index in [-0.39, 0.29) is 24.3 Å². The molecule has 0 radical (unpaired) electrons. The number of hydrogen-bond donors (Lipinski definition) is 1. The van der Waals surface area contributed by atoms with Gasteiger partial charge in [0.25, 0.3) is 0 Å². The summed E-state index contributed by atoms with van der Waals surface area (Å²) in [4.78, 5) is 25.0. The van der Waals surface area contributed by atoms with Crippen molar-refractivity contribution < 1.29 is 27.5 Å². The molecule has 1 fully saturated rings. The fraction of sp³-hybridized carbons (Fsp3) is 0.556. The van der Waals surface area contributed by atoms with Crippen LogP contribution in [-0.4, -0.2) is 29.0 Å². The molecule has 8 heteroatoms. The number of carbonyl (C=O) groups excluding carboxylic acids is 2. The fourth-order valence-corrected chi connectivity index (χ4v) is 3.31. The number of halogens is 3. The molecule has 1 saturated heterocycles. The molecule has 1 aliphatic rings. The maximum Gasteiger partial charge on any atom is 0.416 e. The predicted octanol–water partition coefficient (Wildman–Crippen LogP) is 4.02. The van der Waals surface area contributed by atoms with Gasteiger partial charge in [0, 0.05) is 13.0 Å². The van der Waals surface area contributed by atoms with Gasteiger partial charge in [-0.25, -0.2) is 4.79 Å². The molecule has 144 valence electrons. The predicted molar refractivity (Wildman–Crippen MR) is 89.1 cm³/mol. The Kier molecular flexibility index (Phi) is 5.83. The maximum absolute atomic E-state index is 13.3. The first-order chi connectivity index (χ1) is 12.0. The molecule has 2 amide bonds. The third-order valence-corrected chi connectivity index (χ3v) is 4.52. The van der Waals surface area contributed by atoms with Gasteiger partial charge in [0.15, 0.2) is 0 Å². The molecule has 0 saturated carbocycles. The molecule has 1 unspecified atom stereocenters. The standard InChI is InChI=1S/C18H23F3N2O3/c1-17(2,26-16(22)25)10-9-15(24)23-11-5-8-14(23)12-6-3-4-7-13(12)18(19,20)21/h3-4,6-7,14H,5,8-11H2,1-2H3,(H2,22,25). The molecule has 5 nitrogen and oxygen atoms in total. The number of nitrogens with two attached hydrogens (primary N) is 1. The zero-order valence-electron chi connectivity index (χ0n) is 14.8. The van der Waals surface area contributed by atoms with Crippen molar-refractivity contribution in [1.82, 2.24) is 4.90 Å². The molecular weight excluding hydrogens is 349 g/mol. The number of nitrogens with zero attached hydrogens (tertiary/aromatic N) is 1. The normalized spacial score (nSPS) is 18.0. The minimum absolute atomic E-state index is 0.0605. The highest BCUT2D eigenvalue weighted by Gasteiger charge is 2.39. The van der Waals surface area contributed by atoms with Crippen LogP contribution in [-0.2, 0) is 15.7 Å². The highest BCUT2D eigenvalue weighted by atomic mass is 19.4. The zero-order valence-corrected chi connectivity index (χ0v) is 14.8. The van der Waals surface area contributed by atoms with Crippen molar-refractivity contribution in [3.8, 4) is 0 Å². The number of benzene rings is 1. The smallest absolute Gasteiger partial charge is 0.416 e. The SMILES string of the molecule is CC(C)(CCC(=O)N1CCCC1c1ccccc1C(F)(F)F)OC(N)=O. The van der Waals surface area contributed by atoms with Crippen molar-refractivity contribution in [2.75, 3.05) is 6.54 Å². The van der Waals surface area contributed by atoms with Crippen molar-refractivity contribution in [2.24, 2.45) is 5.73 Å². The molecule has 2 N–H and O–H groups in total. The second-order valence-corrected chi connectivity index (χ2v) is 7.01. The third kappa shape index (κ3) is 4.89. The molecular formula is C18H23F3N2O3. The van der Waals surface area contributed by atoms with E-state index in [1.165, 1.54) is 17.0 Å². The second-order valence-electron chi connectivity index (χ2n) is 7.01. The van der Waals surface area contributed by atoms with E-state index in [1.54, 1.807) is 19.9 Å². The lowest BCUT2D eigenvalue weighted by molar-refractivity contribution is -0.140. The Morgan fingerprint density at radius 1 is 1.27 bits per heavy atom. The van der Waals surface area contributed by atoms with Crippen LogP contribution in [0.4, 0.5) is 18.0 Å². The summed E-state index contributed by atoms with van der Waals surface area (Å²) in [5.74, 6) is -0.259. The van der Waals surface area contributed by atoms with Crippen LogP contribution >= 0.6 is 0 Å². The summed E-state index contributed by atoms with van der Waals surface area (Å²) in [5, 5.41) is 0. The average molecular weight is 372 g/mol. The van der Waals surface area contributed by atoms with Crippen molar-refractivity contribution in [3.63, 3.8) is 0 Å². The minimum atomic E-state index is -4.47. The van der Waals surface area contributed by atoms with Gasteiger partial charge in [-0.05, 0) is 44.7 Å². The van der Waals surface area contributed by atoms with Gasteiger partial charge in [-0.3, -0.25) is 4.79 Å². The van der Waals surface area contributed by atoms with Gasteiger partial charge >= 0.3 is 12.3 Å². The summed E-state index contributed by atoms with van der Waals surface area (Å²) in [5.41, 5.74) is 3.50. The number of amides is 2. The third-order valence-electron chi connectivity index (χ3n) is 4.52. The van der Waals surface area contributed by atoms with Crippen LogP contribution in [0.25, 0.3) is 0 Å². The van der Waals surface area contributed by atoms with Gasteiger partial charge < -0.3 is 15.4 Å². The van der Waals surface area contributed by atoms with Gasteiger partial charge in [0.05, 0.1) is 11.6 Å². The molecule has 26 heavy (non-hydrogen) atoms. The Labute approximate surface area is 150 Å². The summed E-state index contributed by atoms with van der Waals surface area (Å²) in [7, 11) is 0. The van der Waals surface area contributed by atoms with E-state index in [0.717, 1.165) is 6.07 Å². The molecule has 0 spiro atoms. The molecule has 2 rings (SSSR count). The van der Waals surface area contributed by atoms with Gasteiger partial charge in [0.2, 0.25) is 5.91 Å². The van der Waals surface area contributed by atoms with Gasteiger partial charge in [-0.15, -0.1) is 0 Å². The van der Waals surface area contributed by atoms with Crippen molar-refractivity contribution in [3.05, 3.63) is 35.4 Å². The van der Waals surface area contributed by atoms with E-state index in [9.17, 15) is 22.8 Å². The number of primary amides is 1. The van der Waals surface area contributed by atoms with Crippen LogP contribution in [0.5, 0.6) is 0 Å².